The molecule has 0 atom stereocenters. The minimum Gasteiger partial charge on any atom is -0.497 e. The van der Waals surface area contributed by atoms with Crippen LogP contribution in [0, 0.1) is 0 Å². The summed E-state index contributed by atoms with van der Waals surface area (Å²) >= 11 is 13.6. The highest BCUT2D eigenvalue weighted by Crippen LogP contribution is 2.37. The van der Waals surface area contributed by atoms with Crippen molar-refractivity contribution in [2.75, 3.05) is 14.2 Å². The molecule has 0 N–H and O–H groups in total. The van der Waals surface area contributed by atoms with Crippen LogP contribution in [0.4, 0.5) is 0 Å². The highest BCUT2D eigenvalue weighted by molar-refractivity contribution is 7.19. The van der Waals surface area contributed by atoms with Crippen LogP contribution in [0.1, 0.15) is 0 Å². The number of methoxy groups -OCH3 is 2. The lowest BCUT2D eigenvalue weighted by atomic mass is 10.2. The van der Waals surface area contributed by atoms with E-state index < -0.39 is 0 Å². The van der Waals surface area contributed by atoms with Gasteiger partial charge in [0.1, 0.15) is 16.7 Å². The Balaban J connectivity index is 2.27. The highest BCUT2D eigenvalue weighted by atomic mass is 35.5. The summed E-state index contributed by atoms with van der Waals surface area (Å²) in [7, 11) is 3.15. The van der Waals surface area contributed by atoms with E-state index in [-0.39, 0.29) is 0 Å². The summed E-state index contributed by atoms with van der Waals surface area (Å²) in [6.45, 7) is 0. The van der Waals surface area contributed by atoms with Gasteiger partial charge in [-0.3, -0.25) is 0 Å². The minimum atomic E-state index is 0.332. The van der Waals surface area contributed by atoms with Gasteiger partial charge in [-0.15, -0.1) is 11.3 Å². The lowest BCUT2D eigenvalue weighted by Crippen LogP contribution is -1.95. The normalized spacial score (nSPS) is 10.9. The molecule has 4 nitrogen and oxygen atoms in total. The van der Waals surface area contributed by atoms with Crippen molar-refractivity contribution in [2.45, 2.75) is 0 Å². The summed E-state index contributed by atoms with van der Waals surface area (Å²) in [5.41, 5.74) is 0.658. The number of aromatic nitrogens is 2. The summed E-state index contributed by atoms with van der Waals surface area (Å²) in [4.78, 5) is 9.72. The lowest BCUT2D eigenvalue weighted by molar-refractivity contribution is 0.398. The maximum Gasteiger partial charge on any atom is 0.171 e. The number of hydrogen-bond acceptors (Lipinski definition) is 5. The monoisotopic (exact) mass is 340 g/mol. The summed E-state index contributed by atoms with van der Waals surface area (Å²) in [5.74, 6) is 1.74. The van der Waals surface area contributed by atoms with Crippen LogP contribution in [-0.2, 0) is 0 Å². The molecule has 108 valence electrons. The van der Waals surface area contributed by atoms with E-state index in [0.29, 0.717) is 37.7 Å². The van der Waals surface area contributed by atoms with Crippen molar-refractivity contribution < 1.29 is 9.47 Å². The maximum atomic E-state index is 6.30. The molecule has 0 aliphatic carbocycles. The fraction of sp³-hybridized carbons (Fsp3) is 0.143. The van der Waals surface area contributed by atoms with Crippen LogP contribution in [0.25, 0.3) is 21.6 Å². The first-order valence-corrected chi connectivity index (χ1v) is 7.54. The Morgan fingerprint density at radius 3 is 2.48 bits per heavy atom. The Hall–Kier alpha value is -1.56. The van der Waals surface area contributed by atoms with E-state index in [1.807, 2.05) is 6.07 Å². The van der Waals surface area contributed by atoms with Gasteiger partial charge >= 0.3 is 0 Å². The Morgan fingerprint density at radius 1 is 1.05 bits per heavy atom. The van der Waals surface area contributed by atoms with Gasteiger partial charge in [-0.1, -0.05) is 23.2 Å². The molecule has 0 aliphatic heterocycles. The number of rotatable bonds is 3. The Morgan fingerprint density at radius 2 is 1.86 bits per heavy atom. The molecule has 3 rings (SSSR count). The number of ether oxygens (including phenoxy) is 2. The van der Waals surface area contributed by atoms with Crippen molar-refractivity contribution in [3.8, 4) is 22.2 Å². The van der Waals surface area contributed by atoms with Gasteiger partial charge in [-0.25, -0.2) is 9.97 Å². The average molecular weight is 341 g/mol. The van der Waals surface area contributed by atoms with Crippen molar-refractivity contribution >= 4 is 45.4 Å². The number of halogens is 2. The molecule has 3 aromatic rings. The number of fused-ring (bicyclic) bond motifs is 1. The first-order valence-electron chi connectivity index (χ1n) is 5.97. The topological polar surface area (TPSA) is 44.2 Å². The molecule has 0 spiro atoms. The molecule has 0 aliphatic rings. The molecular formula is C14H10Cl2N2O2S. The van der Waals surface area contributed by atoms with E-state index in [9.17, 15) is 0 Å². The van der Waals surface area contributed by atoms with Crippen LogP contribution < -0.4 is 9.47 Å². The maximum absolute atomic E-state index is 6.30. The third-order valence-electron chi connectivity index (χ3n) is 2.94. The standard InChI is InChI=1S/C14H10Cl2N2O2S/c1-19-7-5-8-12(9(6-7)20-2)13(16)18-14(17-8)10-3-4-11(15)21-10/h3-6H,1-2H3. The van der Waals surface area contributed by atoms with E-state index in [1.54, 1.807) is 32.4 Å². The predicted octanol–water partition coefficient (Wildman–Crippen LogP) is 4.68. The van der Waals surface area contributed by atoms with Gasteiger partial charge in [0.25, 0.3) is 0 Å². The molecule has 0 unspecified atom stereocenters. The molecule has 2 aromatic heterocycles. The van der Waals surface area contributed by atoms with Crippen molar-refractivity contribution in [2.24, 2.45) is 0 Å². The van der Waals surface area contributed by atoms with Crippen LogP contribution in [0.3, 0.4) is 0 Å². The van der Waals surface area contributed by atoms with Gasteiger partial charge in [-0.2, -0.15) is 0 Å². The van der Waals surface area contributed by atoms with Crippen molar-refractivity contribution in [3.05, 3.63) is 33.8 Å². The Labute approximate surface area is 135 Å². The fourth-order valence-corrected chi connectivity index (χ4v) is 3.23. The second kappa shape index (κ2) is 5.67. The molecule has 21 heavy (non-hydrogen) atoms. The predicted molar refractivity (Wildman–Crippen MR) is 86.0 cm³/mol. The van der Waals surface area contributed by atoms with E-state index >= 15 is 0 Å². The number of benzene rings is 1. The Kier molecular flexibility index (Phi) is 3.89. The quantitative estimate of drug-likeness (QED) is 0.649. The summed E-state index contributed by atoms with van der Waals surface area (Å²) < 4.78 is 11.3. The van der Waals surface area contributed by atoms with Crippen LogP contribution in [0.15, 0.2) is 24.3 Å². The highest BCUT2D eigenvalue weighted by Gasteiger charge is 2.15. The molecule has 0 saturated carbocycles. The average Bonchev–Trinajstić information content (AvgIpc) is 2.92. The lowest BCUT2D eigenvalue weighted by Gasteiger charge is -2.10. The van der Waals surface area contributed by atoms with Gasteiger partial charge in [0.2, 0.25) is 0 Å². The van der Waals surface area contributed by atoms with Crippen molar-refractivity contribution in [3.63, 3.8) is 0 Å². The summed E-state index contributed by atoms with van der Waals surface area (Å²) in [5, 5.41) is 0.991. The SMILES string of the molecule is COc1cc(OC)c2c(Cl)nc(-c3ccc(Cl)s3)nc2c1. The number of thiophene rings is 1. The zero-order chi connectivity index (χ0) is 15.0. The van der Waals surface area contributed by atoms with Crippen LogP contribution >= 0.6 is 34.5 Å². The molecule has 0 fully saturated rings. The molecule has 0 bridgehead atoms. The van der Waals surface area contributed by atoms with Gasteiger partial charge < -0.3 is 9.47 Å². The minimum absolute atomic E-state index is 0.332. The summed E-state index contributed by atoms with van der Waals surface area (Å²) in [6, 6.07) is 7.21. The van der Waals surface area contributed by atoms with Gasteiger partial charge in [-0.05, 0) is 12.1 Å². The van der Waals surface area contributed by atoms with Gasteiger partial charge in [0, 0.05) is 12.1 Å². The zero-order valence-electron chi connectivity index (χ0n) is 11.2. The van der Waals surface area contributed by atoms with Crippen molar-refractivity contribution in [1.29, 1.82) is 0 Å². The van der Waals surface area contributed by atoms with Crippen LogP contribution in [-0.4, -0.2) is 24.2 Å². The molecule has 2 heterocycles. The molecule has 1 aromatic carbocycles. The van der Waals surface area contributed by atoms with Crippen molar-refractivity contribution in [1.82, 2.24) is 9.97 Å². The molecule has 7 heteroatoms. The molecular weight excluding hydrogens is 331 g/mol. The van der Waals surface area contributed by atoms with E-state index in [1.165, 1.54) is 11.3 Å². The molecule has 0 radical (unpaired) electrons. The zero-order valence-corrected chi connectivity index (χ0v) is 13.5. The third-order valence-corrected chi connectivity index (χ3v) is 4.44. The first-order chi connectivity index (χ1) is 10.1. The van der Waals surface area contributed by atoms with Crippen LogP contribution in [0.5, 0.6) is 11.5 Å². The van der Waals surface area contributed by atoms with Crippen LogP contribution in [0.2, 0.25) is 9.49 Å². The molecule has 0 saturated heterocycles. The fourth-order valence-electron chi connectivity index (χ4n) is 1.98. The smallest absolute Gasteiger partial charge is 0.171 e. The first kappa shape index (κ1) is 14.4. The number of hydrogen-bond donors (Lipinski definition) is 0. The Bertz CT molecular complexity index is 820. The second-order valence-electron chi connectivity index (χ2n) is 4.17. The molecule has 0 amide bonds. The summed E-state index contributed by atoms with van der Waals surface area (Å²) in [6.07, 6.45) is 0. The van der Waals surface area contributed by atoms with E-state index in [2.05, 4.69) is 9.97 Å². The number of nitrogens with zero attached hydrogens (tertiary/aromatic N) is 2. The van der Waals surface area contributed by atoms with E-state index in [0.717, 1.165) is 4.88 Å². The second-order valence-corrected chi connectivity index (χ2v) is 6.24. The van der Waals surface area contributed by atoms with Gasteiger partial charge in [0.05, 0.1) is 34.3 Å². The largest absolute Gasteiger partial charge is 0.497 e. The third kappa shape index (κ3) is 2.64. The van der Waals surface area contributed by atoms with Gasteiger partial charge in [0.15, 0.2) is 5.82 Å². The van der Waals surface area contributed by atoms with E-state index in [4.69, 9.17) is 32.7 Å².